The van der Waals surface area contributed by atoms with Crippen molar-refractivity contribution in [2.75, 3.05) is 13.2 Å². The van der Waals surface area contributed by atoms with Crippen molar-refractivity contribution in [1.82, 2.24) is 4.31 Å². The number of aliphatic hydroxyl groups is 1. The molecule has 122 valence electrons. The highest BCUT2D eigenvalue weighted by atomic mass is 32.2. The molecule has 2 aliphatic rings. The molecule has 0 aliphatic carbocycles. The molecule has 3 atom stereocenters. The van der Waals surface area contributed by atoms with Gasteiger partial charge >= 0.3 is 0 Å². The number of aryl methyl sites for hydroxylation is 1. The van der Waals surface area contributed by atoms with Gasteiger partial charge in [0.1, 0.15) is 12.2 Å². The molecule has 2 saturated heterocycles. The maximum atomic E-state index is 12.8. The summed E-state index contributed by atoms with van der Waals surface area (Å²) in [6.07, 6.45) is -0.799. The van der Waals surface area contributed by atoms with Gasteiger partial charge in [0, 0.05) is 6.54 Å². The number of ether oxygens (including phenoxy) is 2. The summed E-state index contributed by atoms with van der Waals surface area (Å²) < 4.78 is 38.4. The Bertz CT molecular complexity index is 655. The number of fused-ring (bicyclic) bond motifs is 1. The van der Waals surface area contributed by atoms with Crippen LogP contribution in [0, 0.1) is 6.92 Å². The van der Waals surface area contributed by atoms with Crippen molar-refractivity contribution in [2.24, 2.45) is 0 Å². The molecule has 3 rings (SSSR count). The monoisotopic (exact) mass is 327 g/mol. The number of rotatable bonds is 3. The maximum Gasteiger partial charge on any atom is 0.243 e. The highest BCUT2D eigenvalue weighted by Crippen LogP contribution is 2.38. The molecule has 0 aromatic heterocycles. The van der Waals surface area contributed by atoms with Crippen molar-refractivity contribution in [3.63, 3.8) is 0 Å². The first-order valence-corrected chi connectivity index (χ1v) is 8.73. The second kappa shape index (κ2) is 5.28. The van der Waals surface area contributed by atoms with Gasteiger partial charge in [-0.25, -0.2) is 8.42 Å². The van der Waals surface area contributed by atoms with Crippen LogP contribution in [0.4, 0.5) is 0 Å². The van der Waals surface area contributed by atoms with Crippen LogP contribution in [0.3, 0.4) is 0 Å². The van der Waals surface area contributed by atoms with Gasteiger partial charge < -0.3 is 14.6 Å². The van der Waals surface area contributed by atoms with Crippen molar-refractivity contribution >= 4 is 10.0 Å². The minimum atomic E-state index is -3.68. The zero-order chi connectivity index (χ0) is 16.1. The van der Waals surface area contributed by atoms with E-state index in [4.69, 9.17) is 9.47 Å². The summed E-state index contributed by atoms with van der Waals surface area (Å²) in [6.45, 7) is 5.37. The minimum Gasteiger partial charge on any atom is -0.395 e. The highest BCUT2D eigenvalue weighted by molar-refractivity contribution is 7.89. The van der Waals surface area contributed by atoms with E-state index in [0.717, 1.165) is 5.56 Å². The average molecular weight is 327 g/mol. The third-order valence-electron chi connectivity index (χ3n) is 4.15. The van der Waals surface area contributed by atoms with Crippen molar-refractivity contribution < 1.29 is 23.0 Å². The van der Waals surface area contributed by atoms with Gasteiger partial charge in [-0.3, -0.25) is 0 Å². The van der Waals surface area contributed by atoms with Crippen LogP contribution < -0.4 is 0 Å². The van der Waals surface area contributed by atoms with E-state index in [9.17, 15) is 13.5 Å². The molecular weight excluding hydrogens is 306 g/mol. The third kappa shape index (κ3) is 2.57. The first-order chi connectivity index (χ1) is 10.2. The van der Waals surface area contributed by atoms with Crippen LogP contribution in [0.5, 0.6) is 0 Å². The van der Waals surface area contributed by atoms with Crippen LogP contribution in [-0.2, 0) is 19.5 Å². The molecule has 2 fully saturated rings. The van der Waals surface area contributed by atoms with Gasteiger partial charge in [0.25, 0.3) is 0 Å². The largest absolute Gasteiger partial charge is 0.395 e. The lowest BCUT2D eigenvalue weighted by Gasteiger charge is -2.28. The molecule has 2 heterocycles. The quantitative estimate of drug-likeness (QED) is 0.892. The summed E-state index contributed by atoms with van der Waals surface area (Å²) in [6, 6.07) is 6.05. The number of aliphatic hydroxyl groups excluding tert-OH is 1. The van der Waals surface area contributed by atoms with Crippen LogP contribution in [0.1, 0.15) is 19.4 Å². The lowest BCUT2D eigenvalue weighted by Crippen LogP contribution is -2.44. The van der Waals surface area contributed by atoms with E-state index in [1.807, 2.05) is 6.92 Å². The van der Waals surface area contributed by atoms with Gasteiger partial charge in [-0.15, -0.1) is 0 Å². The van der Waals surface area contributed by atoms with E-state index in [2.05, 4.69) is 0 Å². The minimum absolute atomic E-state index is 0.190. The Morgan fingerprint density at radius 1 is 1.27 bits per heavy atom. The summed E-state index contributed by atoms with van der Waals surface area (Å²) in [5.74, 6) is -0.748. The third-order valence-corrected chi connectivity index (χ3v) is 6.05. The van der Waals surface area contributed by atoms with Gasteiger partial charge in [0.15, 0.2) is 5.79 Å². The first kappa shape index (κ1) is 15.9. The molecule has 0 bridgehead atoms. The number of benzene rings is 1. The molecule has 0 spiro atoms. The summed E-state index contributed by atoms with van der Waals surface area (Å²) in [4.78, 5) is 0.218. The van der Waals surface area contributed by atoms with Crippen molar-refractivity contribution in [3.05, 3.63) is 29.8 Å². The van der Waals surface area contributed by atoms with Crippen LogP contribution in [0.2, 0.25) is 0 Å². The van der Waals surface area contributed by atoms with Crippen LogP contribution in [-0.4, -0.2) is 55.0 Å². The Morgan fingerprint density at radius 2 is 1.91 bits per heavy atom. The molecule has 22 heavy (non-hydrogen) atoms. The van der Waals surface area contributed by atoms with E-state index in [1.165, 1.54) is 4.31 Å². The molecule has 7 heteroatoms. The Kier molecular flexibility index (Phi) is 3.81. The summed E-state index contributed by atoms with van der Waals surface area (Å²) >= 11 is 0. The molecule has 2 aliphatic heterocycles. The molecule has 0 amide bonds. The van der Waals surface area contributed by atoms with Crippen molar-refractivity contribution in [2.45, 2.75) is 49.7 Å². The second-order valence-corrected chi connectivity index (χ2v) is 8.17. The van der Waals surface area contributed by atoms with Crippen LogP contribution in [0.15, 0.2) is 29.2 Å². The number of hydrogen-bond donors (Lipinski definition) is 1. The average Bonchev–Trinajstić information content (AvgIpc) is 2.91. The van der Waals surface area contributed by atoms with Crippen molar-refractivity contribution in [3.8, 4) is 0 Å². The van der Waals surface area contributed by atoms with Crippen LogP contribution >= 0.6 is 0 Å². The number of hydrogen-bond acceptors (Lipinski definition) is 5. The highest BCUT2D eigenvalue weighted by Gasteiger charge is 2.55. The van der Waals surface area contributed by atoms with Gasteiger partial charge in [-0.05, 0) is 32.9 Å². The van der Waals surface area contributed by atoms with Crippen molar-refractivity contribution in [1.29, 1.82) is 0 Å². The van der Waals surface area contributed by atoms with E-state index in [-0.39, 0.29) is 24.2 Å². The van der Waals surface area contributed by atoms with Gasteiger partial charge in [-0.1, -0.05) is 17.7 Å². The normalized spacial score (nSPS) is 31.4. The summed E-state index contributed by atoms with van der Waals surface area (Å²) in [7, 11) is -3.68. The fourth-order valence-corrected chi connectivity index (χ4v) is 4.76. The second-order valence-electron chi connectivity index (χ2n) is 6.28. The summed E-state index contributed by atoms with van der Waals surface area (Å²) in [5.41, 5.74) is 0.990. The zero-order valence-corrected chi connectivity index (χ0v) is 13.7. The van der Waals surface area contributed by atoms with E-state index >= 15 is 0 Å². The molecule has 1 aromatic carbocycles. The predicted octanol–water partition coefficient (Wildman–Crippen LogP) is 0.880. The Hall–Kier alpha value is -0.990. The van der Waals surface area contributed by atoms with E-state index < -0.39 is 28.0 Å². The Morgan fingerprint density at radius 3 is 2.50 bits per heavy atom. The number of sulfonamides is 1. The molecule has 3 unspecified atom stereocenters. The van der Waals surface area contributed by atoms with Crippen LogP contribution in [0.25, 0.3) is 0 Å². The molecule has 1 N–H and O–H groups in total. The van der Waals surface area contributed by atoms with E-state index in [1.54, 1.807) is 38.1 Å². The van der Waals surface area contributed by atoms with Gasteiger partial charge in [0.2, 0.25) is 10.0 Å². The van der Waals surface area contributed by atoms with Gasteiger partial charge in [0.05, 0.1) is 17.5 Å². The zero-order valence-electron chi connectivity index (χ0n) is 12.9. The molecule has 1 aromatic rings. The predicted molar refractivity (Wildman–Crippen MR) is 79.8 cm³/mol. The fourth-order valence-electron chi connectivity index (χ4n) is 3.12. The Balaban J connectivity index is 1.90. The number of nitrogens with zero attached hydrogens (tertiary/aromatic N) is 1. The first-order valence-electron chi connectivity index (χ1n) is 7.29. The van der Waals surface area contributed by atoms with Gasteiger partial charge in [-0.2, -0.15) is 4.31 Å². The van der Waals surface area contributed by atoms with E-state index in [0.29, 0.717) is 0 Å². The molecular formula is C15H21NO5S. The molecule has 0 saturated carbocycles. The fraction of sp³-hybridized carbons (Fsp3) is 0.600. The lowest BCUT2D eigenvalue weighted by atomic mass is 10.1. The Labute approximate surface area is 130 Å². The SMILES string of the molecule is Cc1ccc(S(=O)(=O)N2CC3OC(C)(C)OC3C2CO)cc1. The molecule has 0 radical (unpaired) electrons. The lowest BCUT2D eigenvalue weighted by molar-refractivity contribution is -0.158. The smallest absolute Gasteiger partial charge is 0.243 e. The molecule has 6 nitrogen and oxygen atoms in total. The summed E-state index contributed by atoms with van der Waals surface area (Å²) in [5, 5.41) is 9.67. The topological polar surface area (TPSA) is 76.1 Å². The maximum absolute atomic E-state index is 12.8. The standard InChI is InChI=1S/C15H21NO5S/c1-10-4-6-11(7-5-10)22(18,19)16-8-13-14(12(16)9-17)21-15(2,3)20-13/h4-7,12-14,17H,8-9H2,1-3H3.